The topological polar surface area (TPSA) is 131 Å². The average Bonchev–Trinajstić information content (AvgIpc) is 2.53. The molecule has 0 bridgehead atoms. The van der Waals surface area contributed by atoms with Gasteiger partial charge in [-0.1, -0.05) is 11.6 Å². The number of sulfonamides is 1. The minimum atomic E-state index is -3.88. The fraction of sp³-hybridized carbons (Fsp3) is 0.400. The summed E-state index contributed by atoms with van der Waals surface area (Å²) >= 11 is 5.84. The molecule has 1 aromatic rings. The molecule has 0 aliphatic carbocycles. The van der Waals surface area contributed by atoms with Gasteiger partial charge < -0.3 is 10.1 Å². The summed E-state index contributed by atoms with van der Waals surface area (Å²) in [4.78, 5) is 35.2. The standard InChI is InChI=1S/C15H20ClN3O6S/c1-8(2)18-15(22)19-13(20)9(3)25-14(21)10-5-6-11(16)12(7-10)26(23,24)17-4/h5-9,17H,1-4H3,(H2,18,19,20,22)/t9-/m1/s1. The third kappa shape index (κ3) is 5.97. The van der Waals surface area contributed by atoms with E-state index in [0.29, 0.717) is 0 Å². The predicted molar refractivity (Wildman–Crippen MR) is 94.4 cm³/mol. The molecule has 0 aliphatic rings. The number of imide groups is 1. The van der Waals surface area contributed by atoms with E-state index < -0.39 is 34.0 Å². The fourth-order valence-corrected chi connectivity index (χ4v) is 2.99. The van der Waals surface area contributed by atoms with Gasteiger partial charge in [0.2, 0.25) is 10.0 Å². The Balaban J connectivity index is 2.86. The Morgan fingerprint density at radius 1 is 1.15 bits per heavy atom. The van der Waals surface area contributed by atoms with Gasteiger partial charge in [-0.25, -0.2) is 22.7 Å². The summed E-state index contributed by atoms with van der Waals surface area (Å²) < 4.78 is 30.8. The molecule has 0 spiro atoms. The van der Waals surface area contributed by atoms with Gasteiger partial charge in [-0.2, -0.15) is 0 Å². The molecule has 0 saturated carbocycles. The number of halogens is 1. The monoisotopic (exact) mass is 405 g/mol. The lowest BCUT2D eigenvalue weighted by atomic mass is 10.2. The van der Waals surface area contributed by atoms with E-state index in [1.807, 2.05) is 5.32 Å². The number of carbonyl (C=O) groups excluding carboxylic acids is 3. The van der Waals surface area contributed by atoms with Crippen LogP contribution in [0.2, 0.25) is 5.02 Å². The zero-order valence-electron chi connectivity index (χ0n) is 14.6. The van der Waals surface area contributed by atoms with Crippen LogP contribution in [0.25, 0.3) is 0 Å². The van der Waals surface area contributed by atoms with Crippen LogP contribution >= 0.6 is 11.6 Å². The van der Waals surface area contributed by atoms with E-state index >= 15 is 0 Å². The molecular formula is C15H20ClN3O6S. The van der Waals surface area contributed by atoms with Crippen molar-refractivity contribution in [3.63, 3.8) is 0 Å². The quantitative estimate of drug-likeness (QED) is 0.606. The minimum absolute atomic E-state index is 0.0768. The van der Waals surface area contributed by atoms with Crippen molar-refractivity contribution in [3.8, 4) is 0 Å². The Morgan fingerprint density at radius 3 is 2.31 bits per heavy atom. The molecule has 26 heavy (non-hydrogen) atoms. The number of rotatable bonds is 6. The second-order valence-electron chi connectivity index (χ2n) is 5.52. The van der Waals surface area contributed by atoms with Crippen molar-refractivity contribution in [2.24, 2.45) is 0 Å². The molecule has 0 heterocycles. The molecule has 0 unspecified atom stereocenters. The molecule has 11 heteroatoms. The van der Waals surface area contributed by atoms with Gasteiger partial charge in [-0.05, 0) is 46.0 Å². The summed E-state index contributed by atoms with van der Waals surface area (Å²) in [5, 5.41) is 4.40. The average molecular weight is 406 g/mol. The van der Waals surface area contributed by atoms with Gasteiger partial charge in [-0.15, -0.1) is 0 Å². The third-order valence-corrected chi connectivity index (χ3v) is 4.93. The lowest BCUT2D eigenvalue weighted by Gasteiger charge is -2.15. The lowest BCUT2D eigenvalue weighted by Crippen LogP contribution is -2.46. The maximum absolute atomic E-state index is 12.1. The number of nitrogens with one attached hydrogen (secondary N) is 3. The Morgan fingerprint density at radius 2 is 1.77 bits per heavy atom. The molecule has 3 amide bonds. The van der Waals surface area contributed by atoms with Gasteiger partial charge in [0, 0.05) is 6.04 Å². The van der Waals surface area contributed by atoms with E-state index in [4.69, 9.17) is 16.3 Å². The highest BCUT2D eigenvalue weighted by molar-refractivity contribution is 7.89. The van der Waals surface area contributed by atoms with Crippen molar-refractivity contribution in [1.82, 2.24) is 15.4 Å². The third-order valence-electron chi connectivity index (χ3n) is 3.03. The van der Waals surface area contributed by atoms with Crippen molar-refractivity contribution in [1.29, 1.82) is 0 Å². The molecule has 3 N–H and O–H groups in total. The molecule has 9 nitrogen and oxygen atoms in total. The van der Waals surface area contributed by atoms with Crippen LogP contribution in [-0.2, 0) is 19.6 Å². The first-order valence-electron chi connectivity index (χ1n) is 7.53. The SMILES string of the molecule is CNS(=O)(=O)c1cc(C(=O)O[C@H](C)C(=O)NC(=O)NC(C)C)ccc1Cl. The molecule has 0 fully saturated rings. The van der Waals surface area contributed by atoms with Crippen LogP contribution in [0.3, 0.4) is 0 Å². The second kappa shape index (κ2) is 8.97. The van der Waals surface area contributed by atoms with Crippen molar-refractivity contribution in [2.75, 3.05) is 7.05 Å². The first kappa shape index (κ1) is 21.9. The number of ether oxygens (including phenoxy) is 1. The summed E-state index contributed by atoms with van der Waals surface area (Å²) in [5.41, 5.74) is -0.116. The molecule has 1 atom stereocenters. The number of esters is 1. The molecular weight excluding hydrogens is 386 g/mol. The summed E-state index contributed by atoms with van der Waals surface area (Å²) in [5.74, 6) is -1.77. The van der Waals surface area contributed by atoms with E-state index in [1.54, 1.807) is 13.8 Å². The lowest BCUT2D eigenvalue weighted by molar-refractivity contribution is -0.127. The maximum atomic E-state index is 12.1. The molecule has 0 saturated heterocycles. The largest absolute Gasteiger partial charge is 0.449 e. The van der Waals surface area contributed by atoms with Crippen LogP contribution in [-0.4, -0.2) is 45.5 Å². The first-order chi connectivity index (χ1) is 12.0. The van der Waals surface area contributed by atoms with Crippen LogP contribution in [0.1, 0.15) is 31.1 Å². The highest BCUT2D eigenvalue weighted by Crippen LogP contribution is 2.23. The Kier molecular flexibility index (Phi) is 7.54. The van der Waals surface area contributed by atoms with Gasteiger partial charge in [0.05, 0.1) is 10.6 Å². The van der Waals surface area contributed by atoms with Crippen molar-refractivity contribution >= 4 is 39.5 Å². The predicted octanol–water partition coefficient (Wildman–Crippen LogP) is 1.03. The zero-order chi connectivity index (χ0) is 20.1. The number of amides is 3. The Hall–Kier alpha value is -2.17. The minimum Gasteiger partial charge on any atom is -0.449 e. The smallest absolute Gasteiger partial charge is 0.338 e. The molecule has 144 valence electrons. The summed E-state index contributed by atoms with van der Waals surface area (Å²) in [6.07, 6.45) is -1.28. The molecule has 1 aromatic carbocycles. The highest BCUT2D eigenvalue weighted by atomic mass is 35.5. The van der Waals surface area contributed by atoms with Crippen LogP contribution < -0.4 is 15.4 Å². The highest BCUT2D eigenvalue weighted by Gasteiger charge is 2.23. The van der Waals surface area contributed by atoms with Crippen LogP contribution in [0.5, 0.6) is 0 Å². The molecule has 0 radical (unpaired) electrons. The van der Waals surface area contributed by atoms with Crippen molar-refractivity contribution < 1.29 is 27.5 Å². The molecule has 1 rings (SSSR count). The molecule has 0 aliphatic heterocycles. The van der Waals surface area contributed by atoms with Gasteiger partial charge in [0.1, 0.15) is 4.90 Å². The first-order valence-corrected chi connectivity index (χ1v) is 9.39. The normalized spacial score (nSPS) is 12.4. The Labute approximate surface area is 156 Å². The van der Waals surface area contributed by atoms with E-state index in [0.717, 1.165) is 6.07 Å². The van der Waals surface area contributed by atoms with E-state index in [-0.39, 0.29) is 21.5 Å². The maximum Gasteiger partial charge on any atom is 0.338 e. The van der Waals surface area contributed by atoms with Crippen LogP contribution in [0.4, 0.5) is 4.79 Å². The molecule has 0 aromatic heterocycles. The van der Waals surface area contributed by atoms with E-state index in [9.17, 15) is 22.8 Å². The Bertz CT molecular complexity index is 810. The summed E-state index contributed by atoms with van der Waals surface area (Å²) in [6, 6.07) is 2.62. The van der Waals surface area contributed by atoms with Crippen molar-refractivity contribution in [3.05, 3.63) is 28.8 Å². The van der Waals surface area contributed by atoms with Gasteiger partial charge in [0.25, 0.3) is 5.91 Å². The summed E-state index contributed by atoms with van der Waals surface area (Å²) in [7, 11) is -2.68. The number of hydrogen-bond acceptors (Lipinski definition) is 6. The van der Waals surface area contributed by atoms with Crippen LogP contribution in [0, 0.1) is 0 Å². The summed E-state index contributed by atoms with van der Waals surface area (Å²) in [6.45, 7) is 4.70. The zero-order valence-corrected chi connectivity index (χ0v) is 16.2. The van der Waals surface area contributed by atoms with Gasteiger partial charge in [-0.3, -0.25) is 10.1 Å². The number of carbonyl (C=O) groups is 3. The fourth-order valence-electron chi connectivity index (χ4n) is 1.74. The number of urea groups is 1. The van der Waals surface area contributed by atoms with Gasteiger partial charge >= 0.3 is 12.0 Å². The van der Waals surface area contributed by atoms with Crippen molar-refractivity contribution in [2.45, 2.75) is 37.8 Å². The van der Waals surface area contributed by atoms with E-state index in [2.05, 4.69) is 10.0 Å². The number of hydrogen-bond donors (Lipinski definition) is 3. The second-order valence-corrected chi connectivity index (χ2v) is 7.78. The van der Waals surface area contributed by atoms with Crippen LogP contribution in [0.15, 0.2) is 23.1 Å². The van der Waals surface area contributed by atoms with Gasteiger partial charge in [0.15, 0.2) is 6.10 Å². The van der Waals surface area contributed by atoms with E-state index in [1.165, 1.54) is 26.1 Å². The number of benzene rings is 1.